The zero-order valence-corrected chi connectivity index (χ0v) is 22.9. The lowest BCUT2D eigenvalue weighted by Gasteiger charge is -2.20. The van der Waals surface area contributed by atoms with E-state index in [4.69, 9.17) is 9.47 Å². The molecular weight excluding hydrogens is 490 g/mol. The van der Waals surface area contributed by atoms with Crippen molar-refractivity contribution in [3.8, 4) is 5.75 Å². The number of hydrogen-bond donors (Lipinski definition) is 3. The second-order valence-corrected chi connectivity index (χ2v) is 9.52. The number of carbonyl (C=O) groups excluding carboxylic acids is 1. The molecule has 0 spiro atoms. The second-order valence-electron chi connectivity index (χ2n) is 9.52. The highest BCUT2D eigenvalue weighted by Gasteiger charge is 2.10. The number of benzene rings is 3. The topological polar surface area (TPSA) is 91.5 Å². The lowest BCUT2D eigenvalue weighted by molar-refractivity contribution is -0.115. The molecule has 0 saturated carbocycles. The number of H-pyrrole nitrogens is 1. The summed E-state index contributed by atoms with van der Waals surface area (Å²) in [5.74, 6) is 1.43. The molecule has 4 aromatic rings. The number of aromatic amines is 1. The van der Waals surface area contributed by atoms with Crippen LogP contribution < -0.4 is 15.4 Å². The van der Waals surface area contributed by atoms with Crippen molar-refractivity contribution in [2.45, 2.75) is 32.6 Å². The molecule has 0 aliphatic carbocycles. The van der Waals surface area contributed by atoms with Gasteiger partial charge in [0.2, 0.25) is 5.91 Å². The fourth-order valence-corrected chi connectivity index (χ4v) is 4.50. The predicted molar refractivity (Wildman–Crippen MR) is 158 cm³/mol. The smallest absolute Gasteiger partial charge is 0.230 e. The predicted octanol–water partition coefficient (Wildman–Crippen LogP) is 6.01. The van der Waals surface area contributed by atoms with E-state index in [2.05, 4.69) is 50.9 Å². The lowest BCUT2D eigenvalue weighted by Crippen LogP contribution is -2.27. The van der Waals surface area contributed by atoms with Crippen molar-refractivity contribution in [3.05, 3.63) is 78.5 Å². The third kappa shape index (κ3) is 8.84. The first kappa shape index (κ1) is 28.1. The van der Waals surface area contributed by atoms with Crippen LogP contribution in [0, 0.1) is 0 Å². The SMILES string of the molecule is CCN(CCCCOC)CCCOc1ccc2c(Nc3cc(CC(=O)Nc4ccccc4)[nH]n3)cccc2c1. The van der Waals surface area contributed by atoms with Crippen LogP contribution in [-0.2, 0) is 16.0 Å². The van der Waals surface area contributed by atoms with Gasteiger partial charge in [-0.25, -0.2) is 0 Å². The van der Waals surface area contributed by atoms with E-state index in [0.717, 1.165) is 79.1 Å². The highest BCUT2D eigenvalue weighted by molar-refractivity contribution is 5.96. The number of para-hydroxylation sites is 1. The van der Waals surface area contributed by atoms with Crippen LogP contribution in [0.15, 0.2) is 72.8 Å². The first-order valence-electron chi connectivity index (χ1n) is 13.7. The van der Waals surface area contributed by atoms with Crippen molar-refractivity contribution in [2.75, 3.05) is 50.6 Å². The second kappa shape index (κ2) is 14.9. The number of methoxy groups -OCH3 is 1. The molecule has 1 amide bonds. The number of hydrogen-bond acceptors (Lipinski definition) is 6. The quantitative estimate of drug-likeness (QED) is 0.154. The Labute approximate surface area is 230 Å². The Morgan fingerprint density at radius 3 is 2.62 bits per heavy atom. The van der Waals surface area contributed by atoms with E-state index in [1.165, 1.54) is 0 Å². The number of nitrogens with one attached hydrogen (secondary N) is 3. The van der Waals surface area contributed by atoms with Crippen molar-refractivity contribution in [2.24, 2.45) is 0 Å². The zero-order chi connectivity index (χ0) is 27.3. The zero-order valence-electron chi connectivity index (χ0n) is 22.9. The van der Waals surface area contributed by atoms with Crippen LogP contribution in [0.5, 0.6) is 5.75 Å². The van der Waals surface area contributed by atoms with Gasteiger partial charge in [-0.2, -0.15) is 5.10 Å². The summed E-state index contributed by atoms with van der Waals surface area (Å²) in [4.78, 5) is 14.8. The van der Waals surface area contributed by atoms with Gasteiger partial charge in [0.15, 0.2) is 5.82 Å². The molecule has 4 rings (SSSR count). The van der Waals surface area contributed by atoms with Crippen molar-refractivity contribution < 1.29 is 14.3 Å². The summed E-state index contributed by atoms with van der Waals surface area (Å²) in [6.45, 7) is 6.91. The molecule has 3 aromatic carbocycles. The number of unbranched alkanes of at least 4 members (excludes halogenated alkanes) is 1. The molecule has 0 radical (unpaired) electrons. The third-order valence-corrected chi connectivity index (χ3v) is 6.56. The van der Waals surface area contributed by atoms with Gasteiger partial charge >= 0.3 is 0 Å². The molecule has 8 nitrogen and oxygen atoms in total. The molecule has 0 aliphatic heterocycles. The lowest BCUT2D eigenvalue weighted by atomic mass is 10.1. The van der Waals surface area contributed by atoms with Gasteiger partial charge in [-0.3, -0.25) is 9.89 Å². The Balaban J connectivity index is 1.28. The van der Waals surface area contributed by atoms with Crippen molar-refractivity contribution >= 4 is 33.9 Å². The van der Waals surface area contributed by atoms with E-state index in [-0.39, 0.29) is 12.3 Å². The highest BCUT2D eigenvalue weighted by Crippen LogP contribution is 2.29. The number of rotatable bonds is 16. The minimum absolute atomic E-state index is 0.0985. The summed E-state index contributed by atoms with van der Waals surface area (Å²) >= 11 is 0. The fourth-order valence-electron chi connectivity index (χ4n) is 4.50. The summed E-state index contributed by atoms with van der Waals surface area (Å²) in [5.41, 5.74) is 2.45. The van der Waals surface area contributed by atoms with Gasteiger partial charge in [-0.05, 0) is 74.1 Å². The largest absolute Gasteiger partial charge is 0.494 e. The van der Waals surface area contributed by atoms with Gasteiger partial charge < -0.3 is 25.0 Å². The third-order valence-electron chi connectivity index (χ3n) is 6.56. The van der Waals surface area contributed by atoms with E-state index < -0.39 is 0 Å². The van der Waals surface area contributed by atoms with Crippen LogP contribution in [0.2, 0.25) is 0 Å². The van der Waals surface area contributed by atoms with Crippen LogP contribution >= 0.6 is 0 Å². The molecule has 8 heteroatoms. The first-order valence-corrected chi connectivity index (χ1v) is 13.7. The maximum Gasteiger partial charge on any atom is 0.230 e. The van der Waals surface area contributed by atoms with Crippen molar-refractivity contribution in [1.29, 1.82) is 0 Å². The van der Waals surface area contributed by atoms with Crippen molar-refractivity contribution in [3.63, 3.8) is 0 Å². The molecule has 206 valence electrons. The first-order chi connectivity index (χ1) is 19.1. The number of anilines is 3. The number of amides is 1. The average Bonchev–Trinajstić information content (AvgIpc) is 3.39. The number of aromatic nitrogens is 2. The molecule has 1 aromatic heterocycles. The summed E-state index contributed by atoms with van der Waals surface area (Å²) in [7, 11) is 1.76. The summed E-state index contributed by atoms with van der Waals surface area (Å²) in [6, 6.07) is 23.6. The van der Waals surface area contributed by atoms with Gasteiger partial charge in [0.05, 0.1) is 13.0 Å². The maximum atomic E-state index is 12.4. The maximum absolute atomic E-state index is 12.4. The molecule has 0 atom stereocenters. The Bertz CT molecular complexity index is 1310. The molecule has 0 bridgehead atoms. The monoisotopic (exact) mass is 529 g/mol. The van der Waals surface area contributed by atoms with Crippen molar-refractivity contribution in [1.82, 2.24) is 15.1 Å². The Kier molecular flexibility index (Phi) is 10.7. The molecule has 0 unspecified atom stereocenters. The normalized spacial score (nSPS) is 11.2. The summed E-state index contributed by atoms with van der Waals surface area (Å²) in [5, 5.41) is 15.7. The van der Waals surface area contributed by atoms with Gasteiger partial charge in [-0.1, -0.05) is 37.3 Å². The molecule has 0 aliphatic rings. The summed E-state index contributed by atoms with van der Waals surface area (Å²) < 4.78 is 11.2. The van der Waals surface area contributed by atoms with Crippen LogP contribution in [-0.4, -0.2) is 61.0 Å². The van der Waals surface area contributed by atoms with E-state index in [9.17, 15) is 4.79 Å². The van der Waals surface area contributed by atoms with Gasteiger partial charge in [0.1, 0.15) is 5.75 Å². The van der Waals surface area contributed by atoms with E-state index >= 15 is 0 Å². The number of ether oxygens (including phenoxy) is 2. The Morgan fingerprint density at radius 2 is 1.79 bits per heavy atom. The van der Waals surface area contributed by atoms with Crippen LogP contribution in [0.3, 0.4) is 0 Å². The fraction of sp³-hybridized carbons (Fsp3) is 0.355. The highest BCUT2D eigenvalue weighted by atomic mass is 16.5. The Hall–Kier alpha value is -3.88. The van der Waals surface area contributed by atoms with Gasteiger partial charge in [0, 0.05) is 48.8 Å². The van der Waals surface area contributed by atoms with Crippen LogP contribution in [0.4, 0.5) is 17.2 Å². The molecule has 0 fully saturated rings. The number of carbonyl (C=O) groups is 1. The van der Waals surface area contributed by atoms with Gasteiger partial charge in [-0.15, -0.1) is 0 Å². The number of fused-ring (bicyclic) bond motifs is 1. The number of nitrogens with zero attached hydrogens (tertiary/aromatic N) is 2. The summed E-state index contributed by atoms with van der Waals surface area (Å²) in [6.07, 6.45) is 3.46. The van der Waals surface area contributed by atoms with E-state index in [1.54, 1.807) is 7.11 Å². The minimum atomic E-state index is -0.0985. The molecule has 39 heavy (non-hydrogen) atoms. The van der Waals surface area contributed by atoms with Gasteiger partial charge in [0.25, 0.3) is 0 Å². The van der Waals surface area contributed by atoms with E-state index in [1.807, 2.05) is 54.6 Å². The minimum Gasteiger partial charge on any atom is -0.494 e. The van der Waals surface area contributed by atoms with Crippen LogP contribution in [0.25, 0.3) is 10.8 Å². The molecular formula is C31H39N5O3. The Morgan fingerprint density at radius 1 is 0.949 bits per heavy atom. The molecule has 1 heterocycles. The van der Waals surface area contributed by atoms with E-state index in [0.29, 0.717) is 12.4 Å². The van der Waals surface area contributed by atoms with Crippen LogP contribution in [0.1, 0.15) is 31.9 Å². The standard InChI is InChI=1S/C31H39N5O3/c1-3-36(17-7-8-19-38-2)18-10-20-39-27-15-16-28-24(21-27)11-9-14-29(28)33-30-22-26(34-35-30)23-31(37)32-25-12-5-4-6-13-25/h4-6,9,11-16,21-22H,3,7-8,10,17-20,23H2,1-2H3,(H,32,37)(H2,33,34,35). The molecule has 3 N–H and O–H groups in total. The molecule has 0 saturated heterocycles. The average molecular weight is 530 g/mol.